The molecule has 0 atom stereocenters. The lowest BCUT2D eigenvalue weighted by atomic mass is 10.1. The van der Waals surface area contributed by atoms with Gasteiger partial charge in [-0.15, -0.1) is 5.10 Å². The number of carbonyl (C=O) groups is 1. The van der Waals surface area contributed by atoms with Crippen LogP contribution in [0, 0.1) is 20.8 Å². The fraction of sp³-hybridized carbons (Fsp3) is 0.150. The van der Waals surface area contributed by atoms with E-state index in [1.54, 1.807) is 9.36 Å². The van der Waals surface area contributed by atoms with E-state index in [1.807, 2.05) is 69.3 Å². The van der Waals surface area contributed by atoms with Crippen LogP contribution in [0.1, 0.15) is 27.3 Å². The number of aromatic nitrogens is 6. The molecule has 1 N–H and O–H groups in total. The lowest BCUT2D eigenvalue weighted by molar-refractivity contribution is 0.102. The van der Waals surface area contributed by atoms with E-state index in [9.17, 15) is 4.79 Å². The van der Waals surface area contributed by atoms with Gasteiger partial charge >= 0.3 is 0 Å². The lowest BCUT2D eigenvalue weighted by Gasteiger charge is -2.10. The van der Waals surface area contributed by atoms with Crippen LogP contribution in [0.4, 0.5) is 5.69 Å². The Hall–Kier alpha value is -3.81. The number of nitrogens with zero attached hydrogens (tertiary/aromatic N) is 6. The molecule has 8 nitrogen and oxygen atoms in total. The van der Waals surface area contributed by atoms with E-state index < -0.39 is 0 Å². The summed E-state index contributed by atoms with van der Waals surface area (Å²) >= 11 is 0. The van der Waals surface area contributed by atoms with Crippen LogP contribution in [0.5, 0.6) is 0 Å². The van der Waals surface area contributed by atoms with E-state index in [0.717, 1.165) is 22.6 Å². The molecular formula is C20H19N7O. The van der Waals surface area contributed by atoms with Crippen molar-refractivity contribution >= 4 is 11.6 Å². The van der Waals surface area contributed by atoms with Gasteiger partial charge in [0.25, 0.3) is 5.91 Å². The third-order valence-electron chi connectivity index (χ3n) is 4.58. The Kier molecular flexibility index (Phi) is 4.44. The Balaban J connectivity index is 1.65. The highest BCUT2D eigenvalue weighted by Crippen LogP contribution is 2.22. The van der Waals surface area contributed by atoms with Gasteiger partial charge in [-0.25, -0.2) is 9.36 Å². The predicted molar refractivity (Wildman–Crippen MR) is 105 cm³/mol. The maximum Gasteiger partial charge on any atom is 0.259 e. The average Bonchev–Trinajstić information content (AvgIpc) is 3.32. The van der Waals surface area contributed by atoms with Crippen LogP contribution in [0.15, 0.2) is 54.9 Å². The summed E-state index contributed by atoms with van der Waals surface area (Å²) in [6, 6.07) is 15.4. The number of amides is 1. The number of hydrogen-bond acceptors (Lipinski definition) is 5. The minimum atomic E-state index is -0.205. The van der Waals surface area contributed by atoms with Gasteiger partial charge in [-0.3, -0.25) is 4.79 Å². The van der Waals surface area contributed by atoms with Gasteiger partial charge in [0.05, 0.1) is 28.3 Å². The van der Waals surface area contributed by atoms with Crippen molar-refractivity contribution in [3.05, 3.63) is 77.4 Å². The highest BCUT2D eigenvalue weighted by molar-refractivity contribution is 6.06. The summed E-state index contributed by atoms with van der Waals surface area (Å²) in [4.78, 5) is 13.0. The molecule has 0 saturated carbocycles. The SMILES string of the molecule is Cc1ccc(NC(=O)c2c(C)nn(-c3ccccc3)c2C)cc1-n1cnnn1. The number of nitrogens with one attached hydrogen (secondary N) is 1. The molecule has 0 aliphatic heterocycles. The zero-order valence-corrected chi connectivity index (χ0v) is 15.8. The zero-order chi connectivity index (χ0) is 19.7. The molecule has 0 radical (unpaired) electrons. The number of tetrazole rings is 1. The van der Waals surface area contributed by atoms with Crippen molar-refractivity contribution in [2.24, 2.45) is 0 Å². The first-order valence-electron chi connectivity index (χ1n) is 8.81. The van der Waals surface area contributed by atoms with E-state index in [4.69, 9.17) is 0 Å². The standard InChI is InChI=1S/C20H19N7O/c1-13-9-10-16(11-18(13)26-12-21-24-25-26)22-20(28)19-14(2)23-27(15(19)3)17-7-5-4-6-8-17/h4-12H,1-3H3,(H,22,28). The van der Waals surface area contributed by atoms with Crippen LogP contribution in [-0.4, -0.2) is 35.9 Å². The molecule has 0 fully saturated rings. The first-order valence-corrected chi connectivity index (χ1v) is 8.81. The Morgan fingerprint density at radius 1 is 1.04 bits per heavy atom. The fourth-order valence-corrected chi connectivity index (χ4v) is 3.19. The van der Waals surface area contributed by atoms with Gasteiger partial charge in [-0.1, -0.05) is 24.3 Å². The monoisotopic (exact) mass is 373 g/mol. The first-order chi connectivity index (χ1) is 13.5. The number of anilines is 1. The van der Waals surface area contributed by atoms with Crippen LogP contribution in [-0.2, 0) is 0 Å². The maximum atomic E-state index is 13.0. The summed E-state index contributed by atoms with van der Waals surface area (Å²) < 4.78 is 3.35. The molecule has 0 spiro atoms. The maximum absolute atomic E-state index is 13.0. The number of carbonyl (C=O) groups excluding carboxylic acids is 1. The molecule has 0 saturated heterocycles. The molecule has 2 heterocycles. The molecule has 0 aliphatic rings. The van der Waals surface area contributed by atoms with Crippen molar-refractivity contribution in [1.29, 1.82) is 0 Å². The number of hydrogen-bond donors (Lipinski definition) is 1. The van der Waals surface area contributed by atoms with Crippen molar-refractivity contribution in [1.82, 2.24) is 30.0 Å². The highest BCUT2D eigenvalue weighted by Gasteiger charge is 2.20. The molecule has 0 bridgehead atoms. The second-order valence-corrected chi connectivity index (χ2v) is 6.50. The van der Waals surface area contributed by atoms with Gasteiger partial charge < -0.3 is 5.32 Å². The topological polar surface area (TPSA) is 90.5 Å². The molecule has 8 heteroatoms. The summed E-state index contributed by atoms with van der Waals surface area (Å²) in [5, 5.41) is 18.8. The van der Waals surface area contributed by atoms with E-state index in [-0.39, 0.29) is 5.91 Å². The van der Waals surface area contributed by atoms with Crippen molar-refractivity contribution in [3.8, 4) is 11.4 Å². The second-order valence-electron chi connectivity index (χ2n) is 6.50. The summed E-state index contributed by atoms with van der Waals surface area (Å²) in [7, 11) is 0. The molecular weight excluding hydrogens is 354 g/mol. The summed E-state index contributed by atoms with van der Waals surface area (Å²) in [5.41, 5.74) is 5.39. The summed E-state index contributed by atoms with van der Waals surface area (Å²) in [6.45, 7) is 5.69. The van der Waals surface area contributed by atoms with Crippen LogP contribution in [0.2, 0.25) is 0 Å². The van der Waals surface area contributed by atoms with Crippen LogP contribution < -0.4 is 5.32 Å². The van der Waals surface area contributed by atoms with Crippen molar-refractivity contribution in [2.75, 3.05) is 5.32 Å². The van der Waals surface area contributed by atoms with E-state index >= 15 is 0 Å². The third-order valence-corrected chi connectivity index (χ3v) is 4.58. The number of benzene rings is 2. The number of aryl methyl sites for hydroxylation is 2. The van der Waals surface area contributed by atoms with Crippen molar-refractivity contribution < 1.29 is 4.79 Å². The minimum absolute atomic E-state index is 0.205. The number of para-hydroxylation sites is 1. The zero-order valence-electron chi connectivity index (χ0n) is 15.8. The van der Waals surface area contributed by atoms with Gasteiger partial charge in [-0.2, -0.15) is 5.10 Å². The van der Waals surface area contributed by atoms with Gasteiger partial charge in [0, 0.05) is 5.69 Å². The lowest BCUT2D eigenvalue weighted by Crippen LogP contribution is -2.14. The van der Waals surface area contributed by atoms with Gasteiger partial charge in [0.2, 0.25) is 0 Å². The van der Waals surface area contributed by atoms with Crippen molar-refractivity contribution in [2.45, 2.75) is 20.8 Å². The van der Waals surface area contributed by atoms with E-state index in [1.165, 1.54) is 6.33 Å². The second kappa shape index (κ2) is 7.07. The average molecular weight is 373 g/mol. The van der Waals surface area contributed by atoms with Crippen LogP contribution >= 0.6 is 0 Å². The number of rotatable bonds is 4. The van der Waals surface area contributed by atoms with E-state index in [2.05, 4.69) is 25.9 Å². The molecule has 28 heavy (non-hydrogen) atoms. The smallest absolute Gasteiger partial charge is 0.259 e. The molecule has 4 rings (SSSR count). The Bertz CT molecular complexity index is 1130. The molecule has 1 amide bonds. The normalized spacial score (nSPS) is 10.8. The highest BCUT2D eigenvalue weighted by atomic mass is 16.1. The Morgan fingerprint density at radius 3 is 2.54 bits per heavy atom. The van der Waals surface area contributed by atoms with Gasteiger partial charge in [-0.05, 0) is 61.0 Å². The third kappa shape index (κ3) is 3.16. The molecule has 4 aromatic rings. The van der Waals surface area contributed by atoms with Crippen LogP contribution in [0.3, 0.4) is 0 Å². The Labute approximate surface area is 161 Å². The minimum Gasteiger partial charge on any atom is -0.322 e. The van der Waals surface area contributed by atoms with Gasteiger partial charge in [0.1, 0.15) is 6.33 Å². The van der Waals surface area contributed by atoms with E-state index in [0.29, 0.717) is 16.9 Å². The molecule has 2 aromatic carbocycles. The molecule has 2 aromatic heterocycles. The first kappa shape index (κ1) is 17.6. The largest absolute Gasteiger partial charge is 0.322 e. The predicted octanol–water partition coefficient (Wildman–Crippen LogP) is 3.03. The molecule has 0 unspecified atom stereocenters. The molecule has 140 valence electrons. The fourth-order valence-electron chi connectivity index (χ4n) is 3.19. The van der Waals surface area contributed by atoms with Crippen molar-refractivity contribution in [3.63, 3.8) is 0 Å². The molecule has 0 aliphatic carbocycles. The Morgan fingerprint density at radius 2 is 1.82 bits per heavy atom. The summed E-state index contributed by atoms with van der Waals surface area (Å²) in [6.07, 6.45) is 1.52. The van der Waals surface area contributed by atoms with Crippen LogP contribution in [0.25, 0.3) is 11.4 Å². The summed E-state index contributed by atoms with van der Waals surface area (Å²) in [5.74, 6) is -0.205. The van der Waals surface area contributed by atoms with Gasteiger partial charge in [0.15, 0.2) is 0 Å². The quantitative estimate of drug-likeness (QED) is 0.594.